The maximum atomic E-state index is 13.4. The summed E-state index contributed by atoms with van der Waals surface area (Å²) in [6.45, 7) is 4.19. The maximum Gasteiger partial charge on any atom is 0.348 e. The van der Waals surface area contributed by atoms with Crippen molar-refractivity contribution in [3.8, 4) is 0 Å². The summed E-state index contributed by atoms with van der Waals surface area (Å²) < 4.78 is 18.0. The Labute approximate surface area is 122 Å². The molecule has 0 amide bonds. The maximum absolute atomic E-state index is 13.4. The highest BCUT2D eigenvalue weighted by molar-refractivity contribution is 5.87. The van der Waals surface area contributed by atoms with Gasteiger partial charge in [0.15, 0.2) is 6.17 Å². The largest absolute Gasteiger partial charge is 0.391 e. The summed E-state index contributed by atoms with van der Waals surface area (Å²) in [5, 5.41) is 0. The molecular formula is C16H29FO3. The van der Waals surface area contributed by atoms with Crippen molar-refractivity contribution in [3.05, 3.63) is 0 Å². The van der Waals surface area contributed by atoms with Gasteiger partial charge in [-0.2, -0.15) is 0 Å². The Bertz CT molecular complexity index is 266. The van der Waals surface area contributed by atoms with Gasteiger partial charge in [-0.3, -0.25) is 4.79 Å². The van der Waals surface area contributed by atoms with Crippen LogP contribution >= 0.6 is 0 Å². The lowest BCUT2D eigenvalue weighted by atomic mass is 10.1. The van der Waals surface area contributed by atoms with Crippen molar-refractivity contribution in [1.82, 2.24) is 0 Å². The molecule has 118 valence electrons. The molecule has 0 fully saturated rings. The summed E-state index contributed by atoms with van der Waals surface area (Å²) in [4.78, 5) is 22.7. The van der Waals surface area contributed by atoms with E-state index in [0.717, 1.165) is 44.9 Å². The van der Waals surface area contributed by atoms with Gasteiger partial charge in [-0.05, 0) is 19.3 Å². The van der Waals surface area contributed by atoms with Gasteiger partial charge >= 0.3 is 11.9 Å². The van der Waals surface area contributed by atoms with Gasteiger partial charge in [-0.15, -0.1) is 0 Å². The van der Waals surface area contributed by atoms with Gasteiger partial charge < -0.3 is 4.74 Å². The molecule has 0 N–H and O–H groups in total. The highest BCUT2D eigenvalue weighted by atomic mass is 19.1. The molecule has 1 atom stereocenters. The fourth-order valence-electron chi connectivity index (χ4n) is 1.97. The van der Waals surface area contributed by atoms with Crippen molar-refractivity contribution >= 4 is 11.9 Å². The van der Waals surface area contributed by atoms with E-state index in [1.807, 2.05) is 0 Å². The average Bonchev–Trinajstić information content (AvgIpc) is 2.43. The molecule has 0 saturated heterocycles. The molecule has 0 aromatic rings. The SMILES string of the molecule is CCCCCCCC(=O)OC(=O)C(F)CCCCCC. The Morgan fingerprint density at radius 3 is 2.05 bits per heavy atom. The predicted octanol–water partition coefficient (Wildman–Crippen LogP) is 4.73. The van der Waals surface area contributed by atoms with Crippen LogP contribution in [0.4, 0.5) is 4.39 Å². The molecule has 0 aromatic carbocycles. The van der Waals surface area contributed by atoms with E-state index in [4.69, 9.17) is 0 Å². The predicted molar refractivity (Wildman–Crippen MR) is 78.1 cm³/mol. The number of halogens is 1. The summed E-state index contributed by atoms with van der Waals surface area (Å²) in [5.74, 6) is -1.61. The average molecular weight is 288 g/mol. The van der Waals surface area contributed by atoms with Gasteiger partial charge in [0.1, 0.15) is 0 Å². The van der Waals surface area contributed by atoms with Crippen LogP contribution in [0.5, 0.6) is 0 Å². The Hall–Kier alpha value is -0.930. The first-order valence-electron chi connectivity index (χ1n) is 8.00. The summed E-state index contributed by atoms with van der Waals surface area (Å²) >= 11 is 0. The second kappa shape index (κ2) is 13.1. The minimum absolute atomic E-state index is 0.155. The van der Waals surface area contributed by atoms with Gasteiger partial charge in [0.25, 0.3) is 0 Å². The molecule has 0 saturated carbocycles. The van der Waals surface area contributed by atoms with Crippen LogP contribution in [0.15, 0.2) is 0 Å². The number of unbranched alkanes of at least 4 members (excludes halogenated alkanes) is 7. The number of hydrogen-bond acceptors (Lipinski definition) is 3. The normalized spacial score (nSPS) is 12.2. The van der Waals surface area contributed by atoms with E-state index >= 15 is 0 Å². The van der Waals surface area contributed by atoms with E-state index in [-0.39, 0.29) is 12.8 Å². The number of carbonyl (C=O) groups excluding carboxylic acids is 2. The molecule has 0 rings (SSSR count). The van der Waals surface area contributed by atoms with E-state index in [2.05, 4.69) is 18.6 Å². The Morgan fingerprint density at radius 1 is 0.900 bits per heavy atom. The van der Waals surface area contributed by atoms with E-state index in [1.165, 1.54) is 0 Å². The van der Waals surface area contributed by atoms with Gasteiger partial charge in [0.2, 0.25) is 0 Å². The first-order chi connectivity index (χ1) is 9.61. The zero-order valence-corrected chi connectivity index (χ0v) is 13.0. The van der Waals surface area contributed by atoms with Crippen LogP contribution in [-0.4, -0.2) is 18.1 Å². The van der Waals surface area contributed by atoms with Crippen LogP contribution in [0.2, 0.25) is 0 Å². The Kier molecular flexibility index (Phi) is 12.5. The number of esters is 2. The highest BCUT2D eigenvalue weighted by Crippen LogP contribution is 2.11. The summed E-state index contributed by atoms with van der Waals surface area (Å²) in [6.07, 6.45) is 7.43. The number of rotatable bonds is 12. The lowest BCUT2D eigenvalue weighted by molar-refractivity contribution is -0.163. The number of alkyl halides is 1. The van der Waals surface area contributed by atoms with Crippen molar-refractivity contribution < 1.29 is 18.7 Å². The molecule has 0 bridgehead atoms. The van der Waals surface area contributed by atoms with Gasteiger partial charge in [-0.25, -0.2) is 9.18 Å². The molecule has 0 aliphatic rings. The smallest absolute Gasteiger partial charge is 0.348 e. The van der Waals surface area contributed by atoms with Crippen molar-refractivity contribution in [2.45, 2.75) is 90.6 Å². The van der Waals surface area contributed by atoms with Crippen LogP contribution < -0.4 is 0 Å². The van der Waals surface area contributed by atoms with Gasteiger partial charge in [0.05, 0.1) is 0 Å². The first-order valence-corrected chi connectivity index (χ1v) is 8.00. The zero-order chi connectivity index (χ0) is 15.2. The van der Waals surface area contributed by atoms with Gasteiger partial charge in [0, 0.05) is 6.42 Å². The van der Waals surface area contributed by atoms with Crippen LogP contribution in [0.3, 0.4) is 0 Å². The molecule has 1 unspecified atom stereocenters. The molecule has 0 aromatic heterocycles. The Morgan fingerprint density at radius 2 is 1.45 bits per heavy atom. The second-order valence-electron chi connectivity index (χ2n) is 5.27. The summed E-state index contributed by atoms with van der Waals surface area (Å²) in [7, 11) is 0. The monoisotopic (exact) mass is 288 g/mol. The van der Waals surface area contributed by atoms with Crippen LogP contribution in [0.25, 0.3) is 0 Å². The fourth-order valence-corrected chi connectivity index (χ4v) is 1.97. The third kappa shape index (κ3) is 10.9. The van der Waals surface area contributed by atoms with Gasteiger partial charge in [-0.1, -0.05) is 58.8 Å². The van der Waals surface area contributed by atoms with E-state index in [0.29, 0.717) is 12.8 Å². The molecule has 20 heavy (non-hydrogen) atoms. The number of hydrogen-bond donors (Lipinski definition) is 0. The quantitative estimate of drug-likeness (QED) is 0.296. The molecular weight excluding hydrogens is 259 g/mol. The summed E-state index contributed by atoms with van der Waals surface area (Å²) in [5.41, 5.74) is 0. The van der Waals surface area contributed by atoms with Crippen LogP contribution in [0.1, 0.15) is 84.5 Å². The van der Waals surface area contributed by atoms with Crippen molar-refractivity contribution in [2.24, 2.45) is 0 Å². The second-order valence-corrected chi connectivity index (χ2v) is 5.27. The highest BCUT2D eigenvalue weighted by Gasteiger charge is 2.21. The molecule has 0 aliphatic heterocycles. The molecule has 3 nitrogen and oxygen atoms in total. The lowest BCUT2D eigenvalue weighted by Crippen LogP contribution is -2.22. The van der Waals surface area contributed by atoms with Crippen molar-refractivity contribution in [3.63, 3.8) is 0 Å². The molecule has 0 heterocycles. The third-order valence-electron chi connectivity index (χ3n) is 3.27. The fraction of sp³-hybridized carbons (Fsp3) is 0.875. The van der Waals surface area contributed by atoms with E-state index < -0.39 is 18.1 Å². The summed E-state index contributed by atoms with van der Waals surface area (Å²) in [6, 6.07) is 0. The number of carbonyl (C=O) groups is 2. The Balaban J connectivity index is 3.64. The standard InChI is InChI=1S/C16H29FO3/c1-3-5-7-9-11-13-15(18)20-16(19)14(17)12-10-8-6-4-2/h14H,3-13H2,1-2H3. The van der Waals surface area contributed by atoms with Crippen LogP contribution in [0, 0.1) is 0 Å². The minimum Gasteiger partial charge on any atom is -0.391 e. The topological polar surface area (TPSA) is 43.4 Å². The molecule has 4 heteroatoms. The first kappa shape index (κ1) is 19.1. The minimum atomic E-state index is -1.66. The van der Waals surface area contributed by atoms with Crippen molar-refractivity contribution in [1.29, 1.82) is 0 Å². The van der Waals surface area contributed by atoms with Crippen molar-refractivity contribution in [2.75, 3.05) is 0 Å². The zero-order valence-electron chi connectivity index (χ0n) is 13.0. The van der Waals surface area contributed by atoms with E-state index in [1.54, 1.807) is 0 Å². The van der Waals surface area contributed by atoms with Crippen LogP contribution in [-0.2, 0) is 14.3 Å². The third-order valence-corrected chi connectivity index (χ3v) is 3.27. The molecule has 0 aliphatic carbocycles. The lowest BCUT2D eigenvalue weighted by Gasteiger charge is -2.07. The molecule has 0 spiro atoms. The molecule has 0 radical (unpaired) electrons. The number of ether oxygens (including phenoxy) is 1. The van der Waals surface area contributed by atoms with E-state index in [9.17, 15) is 14.0 Å².